The molecule has 0 aromatic rings. The lowest BCUT2D eigenvalue weighted by Crippen LogP contribution is -2.28. The van der Waals surface area contributed by atoms with Crippen molar-refractivity contribution in [3.05, 3.63) is 12.7 Å². The van der Waals surface area contributed by atoms with Crippen LogP contribution < -0.4 is 0 Å². The highest BCUT2D eigenvalue weighted by Crippen LogP contribution is 2.25. The Morgan fingerprint density at radius 1 is 1.50 bits per heavy atom. The summed E-state index contributed by atoms with van der Waals surface area (Å²) in [5.41, 5.74) is -0.403. The molecule has 4 nitrogen and oxygen atoms in total. The lowest BCUT2D eigenvalue weighted by Gasteiger charge is -2.20. The lowest BCUT2D eigenvalue weighted by atomic mass is 10.0. The molecule has 1 fully saturated rings. The Morgan fingerprint density at radius 2 is 2.00 bits per heavy atom. The number of aliphatic hydroxyl groups is 3. The fourth-order valence-electron chi connectivity index (χ4n) is 1.07. The van der Waals surface area contributed by atoms with Gasteiger partial charge in [0.25, 0.3) is 0 Å². The third-order valence-corrected chi connectivity index (χ3v) is 1.77. The molecule has 0 aliphatic carbocycles. The first kappa shape index (κ1) is 13.6. The van der Waals surface area contributed by atoms with E-state index >= 15 is 0 Å². The zero-order valence-corrected chi connectivity index (χ0v) is 8.86. The van der Waals surface area contributed by atoms with E-state index in [1.165, 1.54) is 13.8 Å². The van der Waals surface area contributed by atoms with Gasteiger partial charge < -0.3 is 20.1 Å². The highest BCUT2D eigenvalue weighted by atomic mass is 16.5. The molecule has 0 aromatic carbocycles. The fourth-order valence-corrected chi connectivity index (χ4v) is 1.07. The maximum Gasteiger partial charge on any atom is 0.156 e. The van der Waals surface area contributed by atoms with Crippen LogP contribution in [0.15, 0.2) is 12.7 Å². The molecule has 4 heteroatoms. The maximum atomic E-state index is 8.82. The van der Waals surface area contributed by atoms with Crippen molar-refractivity contribution in [1.82, 2.24) is 0 Å². The van der Waals surface area contributed by atoms with E-state index in [2.05, 4.69) is 6.58 Å². The predicted octanol–water partition coefficient (Wildman–Crippen LogP) is 0.421. The number of ether oxygens (including phenoxy) is 1. The summed E-state index contributed by atoms with van der Waals surface area (Å²) in [6.45, 7) is 7.02. The van der Waals surface area contributed by atoms with Gasteiger partial charge in [-0.3, -0.25) is 0 Å². The second kappa shape index (κ2) is 5.46. The van der Waals surface area contributed by atoms with E-state index in [1.54, 1.807) is 6.08 Å². The molecule has 0 amide bonds. The second-order valence-corrected chi connectivity index (χ2v) is 3.87. The van der Waals surface area contributed by atoms with E-state index in [1.807, 2.05) is 0 Å². The van der Waals surface area contributed by atoms with E-state index in [4.69, 9.17) is 20.1 Å². The van der Waals surface area contributed by atoms with Crippen LogP contribution in [0.3, 0.4) is 0 Å². The van der Waals surface area contributed by atoms with Gasteiger partial charge >= 0.3 is 0 Å². The molecule has 0 spiro atoms. The summed E-state index contributed by atoms with van der Waals surface area (Å²) in [5, 5.41) is 25.0. The number of aliphatic hydroxyl groups excluding tert-OH is 1. The molecule has 1 heterocycles. The molecule has 1 aliphatic rings. The maximum absolute atomic E-state index is 8.82. The molecular weight excluding hydrogens is 184 g/mol. The Morgan fingerprint density at radius 3 is 2.14 bits per heavy atom. The summed E-state index contributed by atoms with van der Waals surface area (Å²) in [6, 6.07) is 0. The van der Waals surface area contributed by atoms with Crippen LogP contribution in [-0.4, -0.2) is 39.9 Å². The lowest BCUT2D eigenvalue weighted by molar-refractivity contribution is -0.127. The fraction of sp³-hybridized carbons (Fsp3) is 0.800. The molecular formula is C10H20O4. The minimum atomic E-state index is -1.50. The van der Waals surface area contributed by atoms with E-state index in [9.17, 15) is 0 Å². The van der Waals surface area contributed by atoms with Gasteiger partial charge in [0.2, 0.25) is 0 Å². The summed E-state index contributed by atoms with van der Waals surface area (Å²) in [6.07, 6.45) is 3.64. The molecule has 1 atom stereocenters. The van der Waals surface area contributed by atoms with Gasteiger partial charge in [0, 0.05) is 6.61 Å². The Labute approximate surface area is 84.8 Å². The Hall–Kier alpha value is -0.420. The minimum absolute atomic E-state index is 0.0660. The average Bonchev–Trinajstić information content (AvgIpc) is 2.50. The molecule has 1 unspecified atom stereocenters. The van der Waals surface area contributed by atoms with Crippen molar-refractivity contribution in [2.24, 2.45) is 0 Å². The Bertz CT molecular complexity index is 159. The van der Waals surface area contributed by atoms with E-state index in [0.29, 0.717) is 0 Å². The van der Waals surface area contributed by atoms with Crippen LogP contribution >= 0.6 is 0 Å². The van der Waals surface area contributed by atoms with Crippen molar-refractivity contribution in [2.45, 2.75) is 38.1 Å². The minimum Gasteiger partial charge on any atom is -0.393 e. The summed E-state index contributed by atoms with van der Waals surface area (Å²) in [4.78, 5) is 0. The molecule has 1 rings (SSSR count). The first-order chi connectivity index (χ1) is 6.33. The molecule has 1 saturated heterocycles. The van der Waals surface area contributed by atoms with Crippen LogP contribution in [0.4, 0.5) is 0 Å². The first-order valence-electron chi connectivity index (χ1n) is 4.66. The van der Waals surface area contributed by atoms with Crippen LogP contribution in [0.2, 0.25) is 0 Å². The highest BCUT2D eigenvalue weighted by molar-refractivity contribution is 4.99. The van der Waals surface area contributed by atoms with Gasteiger partial charge in [-0.25, -0.2) is 0 Å². The summed E-state index contributed by atoms with van der Waals surface area (Å²) < 4.78 is 5.27. The largest absolute Gasteiger partial charge is 0.393 e. The molecule has 0 aromatic heterocycles. The van der Waals surface area contributed by atoms with Crippen LogP contribution in [0.5, 0.6) is 0 Å². The highest BCUT2D eigenvalue weighted by Gasteiger charge is 2.30. The van der Waals surface area contributed by atoms with Gasteiger partial charge in [-0.05, 0) is 26.7 Å². The van der Waals surface area contributed by atoms with Crippen LogP contribution in [0.25, 0.3) is 0 Å². The Balaban J connectivity index is 0.000000292. The van der Waals surface area contributed by atoms with Gasteiger partial charge in [0.05, 0.1) is 6.61 Å². The zero-order valence-electron chi connectivity index (χ0n) is 8.86. The first-order valence-corrected chi connectivity index (χ1v) is 4.66. The van der Waals surface area contributed by atoms with Crippen molar-refractivity contribution in [2.75, 3.05) is 13.2 Å². The van der Waals surface area contributed by atoms with Crippen LogP contribution in [-0.2, 0) is 4.74 Å². The Kier molecular flexibility index (Phi) is 5.29. The second-order valence-electron chi connectivity index (χ2n) is 3.87. The monoisotopic (exact) mass is 204 g/mol. The molecule has 14 heavy (non-hydrogen) atoms. The third kappa shape index (κ3) is 6.10. The van der Waals surface area contributed by atoms with Gasteiger partial charge in [0.1, 0.15) is 5.60 Å². The summed E-state index contributed by atoms with van der Waals surface area (Å²) in [5.74, 6) is -1.50. The third-order valence-electron chi connectivity index (χ3n) is 1.77. The SMILES string of the molecule is C=CC1(CO)CCCO1.CC(C)(O)O. The van der Waals surface area contributed by atoms with Crippen molar-refractivity contribution in [3.8, 4) is 0 Å². The number of hydrogen-bond acceptors (Lipinski definition) is 4. The molecule has 84 valence electrons. The van der Waals surface area contributed by atoms with Gasteiger partial charge in [0.15, 0.2) is 5.79 Å². The quantitative estimate of drug-likeness (QED) is 0.450. The molecule has 0 bridgehead atoms. The van der Waals surface area contributed by atoms with Crippen LogP contribution in [0, 0.1) is 0 Å². The van der Waals surface area contributed by atoms with Crippen molar-refractivity contribution in [1.29, 1.82) is 0 Å². The summed E-state index contributed by atoms with van der Waals surface area (Å²) >= 11 is 0. The van der Waals surface area contributed by atoms with Crippen LogP contribution in [0.1, 0.15) is 26.7 Å². The number of rotatable bonds is 2. The van der Waals surface area contributed by atoms with E-state index in [0.717, 1.165) is 19.4 Å². The average molecular weight is 204 g/mol. The normalized spacial score (nSPS) is 26.6. The summed E-state index contributed by atoms with van der Waals surface area (Å²) in [7, 11) is 0. The molecule has 3 N–H and O–H groups in total. The van der Waals surface area contributed by atoms with Crippen molar-refractivity contribution < 1.29 is 20.1 Å². The van der Waals surface area contributed by atoms with Gasteiger partial charge in [-0.2, -0.15) is 0 Å². The molecule has 1 aliphatic heterocycles. The molecule has 0 saturated carbocycles. The zero-order chi connectivity index (χ0) is 11.2. The molecule has 0 radical (unpaired) electrons. The predicted molar refractivity (Wildman–Crippen MR) is 53.7 cm³/mol. The van der Waals surface area contributed by atoms with E-state index < -0.39 is 11.4 Å². The van der Waals surface area contributed by atoms with Gasteiger partial charge in [-0.15, -0.1) is 6.58 Å². The van der Waals surface area contributed by atoms with E-state index in [-0.39, 0.29) is 6.61 Å². The van der Waals surface area contributed by atoms with Crippen molar-refractivity contribution >= 4 is 0 Å². The van der Waals surface area contributed by atoms with Crippen molar-refractivity contribution in [3.63, 3.8) is 0 Å². The van der Waals surface area contributed by atoms with Gasteiger partial charge in [-0.1, -0.05) is 6.08 Å². The topological polar surface area (TPSA) is 69.9 Å². The smallest absolute Gasteiger partial charge is 0.156 e. The number of hydrogen-bond donors (Lipinski definition) is 3. The standard InChI is InChI=1S/C7H12O2.C3H8O2/c1-2-7(6-8)4-3-5-9-7;1-3(2,4)5/h2,8H,1,3-6H2;4-5H,1-2H3.